The number of amides is 2. The van der Waals surface area contributed by atoms with Crippen molar-refractivity contribution in [2.45, 2.75) is 40.5 Å². The summed E-state index contributed by atoms with van der Waals surface area (Å²) < 4.78 is 1.84. The van der Waals surface area contributed by atoms with Gasteiger partial charge < -0.3 is 10.6 Å². The number of nitrogens with zero attached hydrogens (tertiary/aromatic N) is 2. The van der Waals surface area contributed by atoms with Crippen molar-refractivity contribution in [3.63, 3.8) is 0 Å². The Balaban J connectivity index is 2.03. The van der Waals surface area contributed by atoms with Crippen molar-refractivity contribution in [2.75, 3.05) is 10.6 Å². The lowest BCUT2D eigenvalue weighted by atomic mass is 10.1. The van der Waals surface area contributed by atoms with Gasteiger partial charge in [-0.15, -0.1) is 0 Å². The average molecular weight is 328 g/mol. The van der Waals surface area contributed by atoms with Gasteiger partial charge >= 0.3 is 0 Å². The van der Waals surface area contributed by atoms with Gasteiger partial charge in [0, 0.05) is 37.5 Å². The maximum Gasteiger partial charge on any atom is 0.224 e. The highest BCUT2D eigenvalue weighted by Crippen LogP contribution is 2.23. The molecule has 128 valence electrons. The Morgan fingerprint density at radius 2 is 1.75 bits per heavy atom. The first kappa shape index (κ1) is 17.7. The van der Waals surface area contributed by atoms with Crippen LogP contribution >= 0.6 is 0 Å². The van der Waals surface area contributed by atoms with E-state index in [9.17, 15) is 9.59 Å². The molecule has 0 spiro atoms. The predicted molar refractivity (Wildman–Crippen MR) is 95.1 cm³/mol. The number of nitrogens with one attached hydrogen (secondary N) is 2. The topological polar surface area (TPSA) is 76.0 Å². The number of rotatable bonds is 5. The number of hydrogen-bond donors (Lipinski definition) is 2. The zero-order valence-corrected chi connectivity index (χ0v) is 14.9. The number of aromatic nitrogens is 2. The summed E-state index contributed by atoms with van der Waals surface area (Å²) in [4.78, 5) is 23.5. The van der Waals surface area contributed by atoms with Crippen molar-refractivity contribution in [3.8, 4) is 0 Å². The van der Waals surface area contributed by atoms with E-state index < -0.39 is 0 Å². The lowest BCUT2D eigenvalue weighted by molar-refractivity contribution is -0.116. The summed E-state index contributed by atoms with van der Waals surface area (Å²) in [6.07, 6.45) is 1.04. The third-order valence-electron chi connectivity index (χ3n) is 4.18. The molecule has 6 heteroatoms. The largest absolute Gasteiger partial charge is 0.326 e. The second-order valence-corrected chi connectivity index (χ2v) is 5.98. The molecule has 0 aliphatic rings. The van der Waals surface area contributed by atoms with E-state index in [2.05, 4.69) is 15.7 Å². The van der Waals surface area contributed by atoms with E-state index in [0.29, 0.717) is 24.2 Å². The number of carbonyl (C=O) groups is 2. The van der Waals surface area contributed by atoms with Gasteiger partial charge in [-0.25, -0.2) is 0 Å². The Morgan fingerprint density at radius 3 is 2.29 bits per heavy atom. The predicted octanol–water partition coefficient (Wildman–Crippen LogP) is 2.88. The zero-order chi connectivity index (χ0) is 17.9. The lowest BCUT2D eigenvalue weighted by Gasteiger charge is -2.12. The second kappa shape index (κ2) is 7.29. The number of benzene rings is 1. The first-order valence-corrected chi connectivity index (χ1v) is 7.95. The SMILES string of the molecule is CC(=O)Nc1cccc(NC(=O)CCc2c(C)nn(C)c2C)c1C. The molecular formula is C18H24N4O2. The fraction of sp³-hybridized carbons (Fsp3) is 0.389. The second-order valence-electron chi connectivity index (χ2n) is 5.98. The monoisotopic (exact) mass is 328 g/mol. The molecule has 0 unspecified atom stereocenters. The molecule has 1 aromatic heterocycles. The van der Waals surface area contributed by atoms with E-state index >= 15 is 0 Å². The highest BCUT2D eigenvalue weighted by Gasteiger charge is 2.13. The standard InChI is InChI=1S/C18H24N4O2/c1-11-16(19-14(4)23)7-6-8-17(11)20-18(24)10-9-15-12(2)21-22(5)13(15)3/h6-8H,9-10H2,1-5H3,(H,19,23)(H,20,24). The molecule has 0 aliphatic heterocycles. The molecule has 0 fully saturated rings. The van der Waals surface area contributed by atoms with Crippen LogP contribution in [0.1, 0.15) is 35.9 Å². The van der Waals surface area contributed by atoms with Crippen molar-refractivity contribution < 1.29 is 9.59 Å². The molecule has 6 nitrogen and oxygen atoms in total. The summed E-state index contributed by atoms with van der Waals surface area (Å²) in [6.45, 7) is 7.30. The summed E-state index contributed by atoms with van der Waals surface area (Å²) >= 11 is 0. The maximum atomic E-state index is 12.3. The van der Waals surface area contributed by atoms with Crippen LogP contribution in [0.15, 0.2) is 18.2 Å². The molecule has 1 heterocycles. The minimum absolute atomic E-state index is 0.0549. The molecule has 0 radical (unpaired) electrons. The van der Waals surface area contributed by atoms with Crippen molar-refractivity contribution in [1.29, 1.82) is 0 Å². The van der Waals surface area contributed by atoms with Gasteiger partial charge in [-0.3, -0.25) is 14.3 Å². The van der Waals surface area contributed by atoms with Crippen LogP contribution in [0, 0.1) is 20.8 Å². The summed E-state index contributed by atoms with van der Waals surface area (Å²) in [6, 6.07) is 5.46. The molecule has 1 aromatic carbocycles. The summed E-state index contributed by atoms with van der Waals surface area (Å²) in [5.41, 5.74) is 5.44. The Morgan fingerprint density at radius 1 is 1.12 bits per heavy atom. The van der Waals surface area contributed by atoms with E-state index in [1.165, 1.54) is 6.92 Å². The third-order valence-corrected chi connectivity index (χ3v) is 4.18. The quantitative estimate of drug-likeness (QED) is 0.886. The average Bonchev–Trinajstić information content (AvgIpc) is 2.74. The van der Waals surface area contributed by atoms with E-state index in [0.717, 1.165) is 22.5 Å². The normalized spacial score (nSPS) is 10.5. The van der Waals surface area contributed by atoms with E-state index in [1.54, 1.807) is 0 Å². The van der Waals surface area contributed by atoms with Gasteiger partial charge in [-0.1, -0.05) is 6.07 Å². The van der Waals surface area contributed by atoms with Crippen LogP contribution < -0.4 is 10.6 Å². The first-order chi connectivity index (χ1) is 11.3. The van der Waals surface area contributed by atoms with E-state index in [1.807, 2.05) is 50.7 Å². The van der Waals surface area contributed by atoms with Gasteiger partial charge in [0.15, 0.2) is 0 Å². The summed E-state index contributed by atoms with van der Waals surface area (Å²) in [7, 11) is 1.91. The molecule has 0 bridgehead atoms. The fourth-order valence-electron chi connectivity index (χ4n) is 2.73. The minimum atomic E-state index is -0.135. The Labute approximate surface area is 142 Å². The third kappa shape index (κ3) is 4.01. The summed E-state index contributed by atoms with van der Waals surface area (Å²) in [5, 5.41) is 10.1. The van der Waals surface area contributed by atoms with Crippen molar-refractivity contribution in [2.24, 2.45) is 7.05 Å². The number of hydrogen-bond acceptors (Lipinski definition) is 3. The van der Waals surface area contributed by atoms with Crippen molar-refractivity contribution in [1.82, 2.24) is 9.78 Å². The van der Waals surface area contributed by atoms with Gasteiger partial charge in [-0.2, -0.15) is 5.10 Å². The molecule has 2 aromatic rings. The number of anilines is 2. The van der Waals surface area contributed by atoms with Crippen LogP contribution in [0.3, 0.4) is 0 Å². The molecule has 2 amide bonds. The van der Waals surface area contributed by atoms with Gasteiger partial charge in [0.05, 0.1) is 5.69 Å². The number of aryl methyl sites for hydroxylation is 2. The maximum absolute atomic E-state index is 12.3. The molecule has 0 aliphatic carbocycles. The highest BCUT2D eigenvalue weighted by molar-refractivity contribution is 5.95. The van der Waals surface area contributed by atoms with Crippen molar-refractivity contribution in [3.05, 3.63) is 40.7 Å². The molecule has 0 saturated heterocycles. The van der Waals surface area contributed by atoms with Crippen LogP contribution in [0.25, 0.3) is 0 Å². The van der Waals surface area contributed by atoms with Crippen molar-refractivity contribution >= 4 is 23.2 Å². The van der Waals surface area contributed by atoms with E-state index in [-0.39, 0.29) is 11.8 Å². The molecule has 2 N–H and O–H groups in total. The zero-order valence-electron chi connectivity index (χ0n) is 14.9. The number of carbonyl (C=O) groups excluding carboxylic acids is 2. The van der Waals surface area contributed by atoms with Gasteiger partial charge in [0.2, 0.25) is 11.8 Å². The van der Waals surface area contributed by atoms with Crippen LogP contribution in [-0.4, -0.2) is 21.6 Å². The molecule has 24 heavy (non-hydrogen) atoms. The first-order valence-electron chi connectivity index (χ1n) is 7.95. The van der Waals surface area contributed by atoms with Gasteiger partial charge in [0.25, 0.3) is 0 Å². The Hall–Kier alpha value is -2.63. The van der Waals surface area contributed by atoms with Crippen LogP contribution in [-0.2, 0) is 23.1 Å². The molecular weight excluding hydrogens is 304 g/mol. The van der Waals surface area contributed by atoms with Gasteiger partial charge in [-0.05, 0) is 50.5 Å². The fourth-order valence-corrected chi connectivity index (χ4v) is 2.73. The van der Waals surface area contributed by atoms with E-state index in [4.69, 9.17) is 0 Å². The summed E-state index contributed by atoms with van der Waals surface area (Å²) in [5.74, 6) is -0.190. The lowest BCUT2D eigenvalue weighted by Crippen LogP contribution is -2.15. The van der Waals surface area contributed by atoms with Crippen LogP contribution in [0.4, 0.5) is 11.4 Å². The minimum Gasteiger partial charge on any atom is -0.326 e. The Bertz CT molecular complexity index is 778. The smallest absolute Gasteiger partial charge is 0.224 e. The molecule has 2 rings (SSSR count). The van der Waals surface area contributed by atoms with Crippen LogP contribution in [0.2, 0.25) is 0 Å². The molecule has 0 saturated carbocycles. The highest BCUT2D eigenvalue weighted by atomic mass is 16.2. The van der Waals surface area contributed by atoms with Crippen LogP contribution in [0.5, 0.6) is 0 Å². The Kier molecular flexibility index (Phi) is 5.39. The van der Waals surface area contributed by atoms with Gasteiger partial charge in [0.1, 0.15) is 0 Å². The molecule has 0 atom stereocenters.